The summed E-state index contributed by atoms with van der Waals surface area (Å²) >= 11 is 1.75. The number of fused-ring (bicyclic) bond motifs is 1. The summed E-state index contributed by atoms with van der Waals surface area (Å²) in [7, 11) is 1.62. The number of hydrogen-bond donors (Lipinski definition) is 2. The molecule has 37 heavy (non-hydrogen) atoms. The molecule has 1 aromatic heterocycles. The van der Waals surface area contributed by atoms with Crippen LogP contribution in [0.2, 0.25) is 0 Å². The average Bonchev–Trinajstić information content (AvgIpc) is 3.51. The van der Waals surface area contributed by atoms with E-state index in [1.54, 1.807) is 23.6 Å². The molecule has 0 bridgehead atoms. The largest absolute Gasteiger partial charge is 0.497 e. The maximum Gasteiger partial charge on any atom is 0.242 e. The number of thioether (sulfide) groups is 1. The zero-order valence-corrected chi connectivity index (χ0v) is 21.3. The van der Waals surface area contributed by atoms with E-state index in [-0.39, 0.29) is 18.4 Å². The van der Waals surface area contributed by atoms with Crippen LogP contribution in [-0.2, 0) is 34.2 Å². The molecule has 2 N–H and O–H groups in total. The average molecular weight is 513 g/mol. The zero-order valence-electron chi connectivity index (χ0n) is 20.5. The lowest BCUT2D eigenvalue weighted by atomic mass is 9.90. The van der Waals surface area contributed by atoms with Crippen molar-refractivity contribution in [2.45, 2.75) is 30.5 Å². The standard InChI is InChI=1S/C29H28N4O3S/c1-36-23-14-12-20(13-15-23)16-30-26(34)17-33-28(24-18-37-19-25(24)32-33)31-29(35)27(21-8-4-2-5-9-21)22-10-6-3-7-11-22/h2-15,27H,16-19H2,1H3,(H,30,34)(H,31,35). The fraction of sp³-hybridized carbons (Fsp3) is 0.207. The van der Waals surface area contributed by atoms with Crippen molar-refractivity contribution in [2.24, 2.45) is 0 Å². The smallest absolute Gasteiger partial charge is 0.242 e. The number of benzene rings is 3. The van der Waals surface area contributed by atoms with Crippen LogP contribution in [0.25, 0.3) is 0 Å². The van der Waals surface area contributed by atoms with Crippen molar-refractivity contribution < 1.29 is 14.3 Å². The van der Waals surface area contributed by atoms with E-state index in [0.717, 1.165) is 45.2 Å². The third kappa shape index (κ3) is 5.70. The van der Waals surface area contributed by atoms with Gasteiger partial charge in [0.05, 0.1) is 18.7 Å². The first-order valence-electron chi connectivity index (χ1n) is 12.1. The third-order valence-electron chi connectivity index (χ3n) is 6.33. The highest BCUT2D eigenvalue weighted by molar-refractivity contribution is 7.98. The first-order chi connectivity index (χ1) is 18.1. The predicted molar refractivity (Wildman–Crippen MR) is 145 cm³/mol. The minimum absolute atomic E-state index is 0.0186. The molecule has 0 saturated heterocycles. The second-order valence-electron chi connectivity index (χ2n) is 8.79. The van der Waals surface area contributed by atoms with Gasteiger partial charge in [-0.2, -0.15) is 16.9 Å². The van der Waals surface area contributed by atoms with Crippen molar-refractivity contribution in [3.05, 3.63) is 113 Å². The number of nitrogens with zero attached hydrogens (tertiary/aromatic N) is 2. The summed E-state index contributed by atoms with van der Waals surface area (Å²) < 4.78 is 6.81. The van der Waals surface area contributed by atoms with Gasteiger partial charge in [-0.05, 0) is 28.8 Å². The van der Waals surface area contributed by atoms with Gasteiger partial charge in [0.1, 0.15) is 18.1 Å². The van der Waals surface area contributed by atoms with E-state index >= 15 is 0 Å². The Kier molecular flexibility index (Phi) is 7.56. The normalized spacial score (nSPS) is 12.3. The van der Waals surface area contributed by atoms with Crippen LogP contribution in [-0.4, -0.2) is 28.7 Å². The second kappa shape index (κ2) is 11.3. The van der Waals surface area contributed by atoms with Gasteiger partial charge in [-0.3, -0.25) is 9.59 Å². The van der Waals surface area contributed by atoms with Gasteiger partial charge in [-0.1, -0.05) is 72.8 Å². The second-order valence-corrected chi connectivity index (χ2v) is 9.78. The minimum atomic E-state index is -0.487. The third-order valence-corrected chi connectivity index (χ3v) is 7.30. The molecule has 4 aromatic rings. The highest BCUT2D eigenvalue weighted by Crippen LogP contribution is 2.36. The first-order valence-corrected chi connectivity index (χ1v) is 13.2. The molecule has 0 saturated carbocycles. The number of carbonyl (C=O) groups is 2. The van der Waals surface area contributed by atoms with E-state index in [1.807, 2.05) is 84.9 Å². The van der Waals surface area contributed by atoms with Gasteiger partial charge in [-0.25, -0.2) is 4.68 Å². The molecule has 5 rings (SSSR count). The Morgan fingerprint density at radius 2 is 1.59 bits per heavy atom. The molecular formula is C29H28N4O3S. The number of ether oxygens (including phenoxy) is 1. The van der Waals surface area contributed by atoms with Crippen LogP contribution in [0.3, 0.4) is 0 Å². The quantitative estimate of drug-likeness (QED) is 0.339. The lowest BCUT2D eigenvalue weighted by molar-refractivity contribution is -0.122. The van der Waals surface area contributed by atoms with Crippen molar-refractivity contribution in [1.82, 2.24) is 15.1 Å². The van der Waals surface area contributed by atoms with Gasteiger partial charge >= 0.3 is 0 Å². The lowest BCUT2D eigenvalue weighted by Crippen LogP contribution is -2.30. The van der Waals surface area contributed by atoms with Crippen LogP contribution in [0.5, 0.6) is 5.75 Å². The molecule has 0 radical (unpaired) electrons. The van der Waals surface area contributed by atoms with E-state index in [9.17, 15) is 9.59 Å². The number of aromatic nitrogens is 2. The van der Waals surface area contributed by atoms with Crippen molar-refractivity contribution in [3.63, 3.8) is 0 Å². The Hall–Kier alpha value is -4.04. The summed E-state index contributed by atoms with van der Waals surface area (Å²) in [5.74, 6) is 2.06. The fourth-order valence-corrected chi connectivity index (χ4v) is 5.47. The number of hydrogen-bond acceptors (Lipinski definition) is 5. The Labute approximate surface area is 220 Å². The molecule has 0 unspecified atom stereocenters. The Morgan fingerprint density at radius 1 is 0.946 bits per heavy atom. The minimum Gasteiger partial charge on any atom is -0.497 e. The number of rotatable bonds is 9. The fourth-order valence-electron chi connectivity index (χ4n) is 4.43. The molecule has 0 atom stereocenters. The van der Waals surface area contributed by atoms with E-state index in [4.69, 9.17) is 4.74 Å². The van der Waals surface area contributed by atoms with Crippen molar-refractivity contribution in [2.75, 3.05) is 12.4 Å². The molecule has 0 aliphatic carbocycles. The highest BCUT2D eigenvalue weighted by atomic mass is 32.2. The number of nitrogens with one attached hydrogen (secondary N) is 2. The lowest BCUT2D eigenvalue weighted by Gasteiger charge is -2.19. The van der Waals surface area contributed by atoms with Gasteiger partial charge in [0.25, 0.3) is 0 Å². The Balaban J connectivity index is 1.35. The summed E-state index contributed by atoms with van der Waals surface area (Å²) in [4.78, 5) is 26.6. The number of anilines is 1. The monoisotopic (exact) mass is 512 g/mol. The number of carbonyl (C=O) groups excluding carboxylic acids is 2. The van der Waals surface area contributed by atoms with Crippen molar-refractivity contribution >= 4 is 29.4 Å². The molecule has 0 spiro atoms. The first kappa shape index (κ1) is 24.6. The molecule has 2 heterocycles. The SMILES string of the molecule is COc1ccc(CNC(=O)Cn2nc3c(c2NC(=O)C(c2ccccc2)c2ccccc2)CSC3)cc1. The van der Waals surface area contributed by atoms with Crippen LogP contribution < -0.4 is 15.4 Å². The van der Waals surface area contributed by atoms with Gasteiger partial charge in [0.15, 0.2) is 0 Å². The molecule has 1 aliphatic rings. The topological polar surface area (TPSA) is 85.2 Å². The summed E-state index contributed by atoms with van der Waals surface area (Å²) in [6.07, 6.45) is 0. The summed E-state index contributed by atoms with van der Waals surface area (Å²) in [6.45, 7) is 0.413. The molecule has 7 nitrogen and oxygen atoms in total. The predicted octanol–water partition coefficient (Wildman–Crippen LogP) is 4.73. The van der Waals surface area contributed by atoms with E-state index < -0.39 is 5.92 Å². The molecule has 8 heteroatoms. The van der Waals surface area contributed by atoms with Crippen LogP contribution in [0, 0.1) is 0 Å². The van der Waals surface area contributed by atoms with E-state index in [2.05, 4.69) is 15.7 Å². The van der Waals surface area contributed by atoms with Gasteiger partial charge in [-0.15, -0.1) is 0 Å². The van der Waals surface area contributed by atoms with Crippen LogP contribution in [0.4, 0.5) is 5.82 Å². The zero-order chi connectivity index (χ0) is 25.6. The maximum atomic E-state index is 13.7. The molecule has 2 amide bonds. The summed E-state index contributed by atoms with van der Waals surface area (Å²) in [6, 6.07) is 27.0. The van der Waals surface area contributed by atoms with Crippen molar-refractivity contribution in [3.8, 4) is 5.75 Å². The Bertz CT molecular complexity index is 1330. The van der Waals surface area contributed by atoms with Gasteiger partial charge in [0.2, 0.25) is 11.8 Å². The van der Waals surface area contributed by atoms with Crippen LogP contribution >= 0.6 is 11.8 Å². The van der Waals surface area contributed by atoms with Crippen LogP contribution in [0.1, 0.15) is 33.9 Å². The molecular weight excluding hydrogens is 484 g/mol. The number of amides is 2. The van der Waals surface area contributed by atoms with E-state index in [1.165, 1.54) is 0 Å². The molecule has 0 fully saturated rings. The van der Waals surface area contributed by atoms with Gasteiger partial charge < -0.3 is 15.4 Å². The summed E-state index contributed by atoms with van der Waals surface area (Å²) in [5.41, 5.74) is 4.68. The maximum absolute atomic E-state index is 13.7. The molecule has 1 aliphatic heterocycles. The summed E-state index contributed by atoms with van der Waals surface area (Å²) in [5, 5.41) is 10.8. The van der Waals surface area contributed by atoms with Crippen molar-refractivity contribution in [1.29, 1.82) is 0 Å². The van der Waals surface area contributed by atoms with Crippen LogP contribution in [0.15, 0.2) is 84.9 Å². The molecule has 188 valence electrons. The Morgan fingerprint density at radius 3 is 2.22 bits per heavy atom. The molecule has 3 aromatic carbocycles. The number of methoxy groups -OCH3 is 1. The van der Waals surface area contributed by atoms with E-state index in [0.29, 0.717) is 12.4 Å². The van der Waals surface area contributed by atoms with Gasteiger partial charge in [0, 0.05) is 23.6 Å². The highest BCUT2D eigenvalue weighted by Gasteiger charge is 2.28.